The number of hydrogen-bond donors (Lipinski definition) is 3. The van der Waals surface area contributed by atoms with Gasteiger partial charge in [0.05, 0.1) is 0 Å². The minimum absolute atomic E-state index is 1.23. The van der Waals surface area contributed by atoms with E-state index in [1.165, 1.54) is 20.8 Å². The van der Waals surface area contributed by atoms with Crippen LogP contribution in [0.15, 0.2) is 0 Å². The van der Waals surface area contributed by atoms with Crippen LogP contribution in [0, 0.1) is 5.21 Å². The van der Waals surface area contributed by atoms with Gasteiger partial charge in [0.2, 0.25) is 0 Å². The average Bonchev–Trinajstić information content (AvgIpc) is 1.84. The minimum Gasteiger partial charge on any atom is -0.627 e. The van der Waals surface area contributed by atoms with Crippen molar-refractivity contribution in [3.63, 3.8) is 0 Å². The topological polar surface area (TPSA) is 83.8 Å². The number of hydrogen-bond acceptors (Lipinski definition) is 4. The van der Waals surface area contributed by atoms with Crippen LogP contribution >= 0.6 is 0 Å². The van der Waals surface area contributed by atoms with E-state index in [0.29, 0.717) is 0 Å². The first-order valence-corrected chi connectivity index (χ1v) is 3.46. The zero-order chi connectivity index (χ0) is 9.23. The number of rotatable bonds is 3. The van der Waals surface area contributed by atoms with Crippen LogP contribution in [0.25, 0.3) is 0 Å². The van der Waals surface area contributed by atoms with Crippen molar-refractivity contribution < 1.29 is 20.0 Å². The molecule has 0 aliphatic rings. The minimum atomic E-state index is -1.42. The lowest BCUT2D eigenvalue weighted by atomic mass is 10.4. The maximum atomic E-state index is 11.4. The highest BCUT2D eigenvalue weighted by Gasteiger charge is 2.33. The molecular weight excluding hydrogens is 150 g/mol. The molecule has 0 aliphatic carbocycles. The molecule has 0 spiro atoms. The lowest BCUT2D eigenvalue weighted by Crippen LogP contribution is -2.60. The predicted octanol–water partition coefficient (Wildman–Crippen LogP) is -0.684. The monoisotopic (exact) mass is 165 g/mol. The Morgan fingerprint density at radius 1 is 0.909 bits per heavy atom. The molecule has 5 heteroatoms. The van der Waals surface area contributed by atoms with Crippen LogP contribution < -0.4 is 0 Å². The van der Waals surface area contributed by atoms with Crippen molar-refractivity contribution >= 4 is 0 Å². The third-order valence-corrected chi connectivity index (χ3v) is 1.75. The average molecular weight is 165 g/mol. The molecule has 0 aromatic rings. The number of nitrogens with zero attached hydrogens (tertiary/aromatic N) is 1. The lowest BCUT2D eigenvalue weighted by Gasteiger charge is -2.48. The van der Waals surface area contributed by atoms with Crippen molar-refractivity contribution in [3.8, 4) is 0 Å². The van der Waals surface area contributed by atoms with E-state index in [1.807, 2.05) is 0 Å². The summed E-state index contributed by atoms with van der Waals surface area (Å²) in [7, 11) is 0. The SMILES string of the molecule is CC(O)[N+]([O-])(C(C)O)C(C)O. The Kier molecular flexibility index (Phi) is 3.40. The summed E-state index contributed by atoms with van der Waals surface area (Å²) in [5.41, 5.74) is 0. The van der Waals surface area contributed by atoms with Crippen LogP contribution in [0.2, 0.25) is 0 Å². The quantitative estimate of drug-likeness (QED) is 0.294. The van der Waals surface area contributed by atoms with Gasteiger partial charge in [-0.1, -0.05) is 0 Å². The Bertz CT molecular complexity index is 102. The molecule has 0 aromatic carbocycles. The summed E-state index contributed by atoms with van der Waals surface area (Å²) in [6.07, 6.45) is -4.01. The molecule has 5 nitrogen and oxygen atoms in total. The molecule has 0 amide bonds. The first-order valence-electron chi connectivity index (χ1n) is 3.46. The molecule has 3 unspecified atom stereocenters. The molecule has 68 valence electrons. The highest BCUT2D eigenvalue weighted by Crippen LogP contribution is 2.17. The van der Waals surface area contributed by atoms with Gasteiger partial charge in [0, 0.05) is 20.8 Å². The van der Waals surface area contributed by atoms with E-state index in [4.69, 9.17) is 15.3 Å². The fourth-order valence-electron chi connectivity index (χ4n) is 0.937. The van der Waals surface area contributed by atoms with Crippen LogP contribution in [0.1, 0.15) is 20.8 Å². The molecule has 0 bridgehead atoms. The van der Waals surface area contributed by atoms with Gasteiger partial charge in [0.25, 0.3) is 0 Å². The normalized spacial score (nSPS) is 25.4. The summed E-state index contributed by atoms with van der Waals surface area (Å²) >= 11 is 0. The summed E-state index contributed by atoms with van der Waals surface area (Å²) in [4.78, 5) is 0. The Labute approximate surface area is 65.7 Å². The summed E-state index contributed by atoms with van der Waals surface area (Å²) in [6.45, 7) is 3.69. The maximum Gasteiger partial charge on any atom is 0.191 e. The molecule has 0 rings (SSSR count). The first kappa shape index (κ1) is 10.8. The van der Waals surface area contributed by atoms with Crippen molar-refractivity contribution in [2.75, 3.05) is 0 Å². The predicted molar refractivity (Wildman–Crippen MR) is 38.7 cm³/mol. The van der Waals surface area contributed by atoms with Gasteiger partial charge >= 0.3 is 0 Å². The van der Waals surface area contributed by atoms with E-state index in [1.54, 1.807) is 0 Å². The summed E-state index contributed by atoms with van der Waals surface area (Å²) in [5, 5.41) is 38.2. The first-order chi connectivity index (χ1) is 4.83. The third-order valence-electron chi connectivity index (χ3n) is 1.75. The van der Waals surface area contributed by atoms with E-state index in [0.717, 1.165) is 0 Å². The highest BCUT2D eigenvalue weighted by molar-refractivity contribution is 4.45. The van der Waals surface area contributed by atoms with Crippen molar-refractivity contribution in [1.82, 2.24) is 0 Å². The number of quaternary nitrogens is 1. The fraction of sp³-hybridized carbons (Fsp3) is 1.00. The Balaban J connectivity index is 4.53. The molecule has 0 saturated heterocycles. The van der Waals surface area contributed by atoms with Gasteiger partial charge in [-0.25, -0.2) is 0 Å². The van der Waals surface area contributed by atoms with Gasteiger partial charge in [-0.3, -0.25) is 4.65 Å². The standard InChI is InChI=1S/C6H15NO4/c1-4(8)7(11,5(2)9)6(3)10/h4-6,8-10H,1-3H3. The second-order valence-corrected chi connectivity index (χ2v) is 2.66. The van der Waals surface area contributed by atoms with E-state index >= 15 is 0 Å². The highest BCUT2D eigenvalue weighted by atomic mass is 16.6. The van der Waals surface area contributed by atoms with Gasteiger partial charge in [-0.05, 0) is 0 Å². The summed E-state index contributed by atoms with van der Waals surface area (Å²) in [5.74, 6) is 0. The second kappa shape index (κ2) is 3.46. The van der Waals surface area contributed by atoms with Gasteiger partial charge in [-0.2, -0.15) is 0 Å². The van der Waals surface area contributed by atoms with Crippen LogP contribution in [0.3, 0.4) is 0 Å². The van der Waals surface area contributed by atoms with Crippen LogP contribution in [-0.2, 0) is 0 Å². The van der Waals surface area contributed by atoms with Crippen LogP contribution in [-0.4, -0.2) is 38.6 Å². The van der Waals surface area contributed by atoms with Gasteiger partial charge < -0.3 is 20.5 Å². The number of aliphatic hydroxyl groups is 3. The summed E-state index contributed by atoms with van der Waals surface area (Å²) in [6, 6.07) is 0. The smallest absolute Gasteiger partial charge is 0.191 e. The molecule has 0 heterocycles. The largest absolute Gasteiger partial charge is 0.627 e. The molecule has 0 fully saturated rings. The van der Waals surface area contributed by atoms with Crippen LogP contribution in [0.4, 0.5) is 0 Å². The number of hydroxylamine groups is 3. The number of aliphatic hydroxyl groups excluding tert-OH is 3. The third kappa shape index (κ3) is 1.88. The van der Waals surface area contributed by atoms with Gasteiger partial charge in [0.1, 0.15) is 0 Å². The molecule has 0 aromatic heterocycles. The maximum absolute atomic E-state index is 11.4. The van der Waals surface area contributed by atoms with Crippen molar-refractivity contribution in [2.24, 2.45) is 0 Å². The summed E-state index contributed by atoms with van der Waals surface area (Å²) < 4.78 is -1.42. The Hall–Kier alpha value is -0.200. The zero-order valence-electron chi connectivity index (χ0n) is 6.93. The molecule has 3 N–H and O–H groups in total. The van der Waals surface area contributed by atoms with E-state index in [9.17, 15) is 5.21 Å². The molecule has 11 heavy (non-hydrogen) atoms. The van der Waals surface area contributed by atoms with Crippen molar-refractivity contribution in [2.45, 2.75) is 39.5 Å². The van der Waals surface area contributed by atoms with Crippen molar-refractivity contribution in [3.05, 3.63) is 5.21 Å². The molecule has 0 radical (unpaired) electrons. The van der Waals surface area contributed by atoms with Crippen molar-refractivity contribution in [1.29, 1.82) is 0 Å². The van der Waals surface area contributed by atoms with Gasteiger partial charge in [-0.15, -0.1) is 0 Å². The molecule has 0 aliphatic heterocycles. The van der Waals surface area contributed by atoms with E-state index in [-0.39, 0.29) is 0 Å². The molecular formula is C6H15NO4. The Morgan fingerprint density at radius 2 is 1.09 bits per heavy atom. The van der Waals surface area contributed by atoms with E-state index < -0.39 is 23.3 Å². The van der Waals surface area contributed by atoms with Gasteiger partial charge in [0.15, 0.2) is 18.7 Å². The van der Waals surface area contributed by atoms with E-state index in [2.05, 4.69) is 0 Å². The lowest BCUT2D eigenvalue weighted by molar-refractivity contribution is -1.00. The molecule has 3 atom stereocenters. The fourth-order valence-corrected chi connectivity index (χ4v) is 0.937. The Morgan fingerprint density at radius 3 is 1.09 bits per heavy atom. The molecule has 0 saturated carbocycles. The van der Waals surface area contributed by atoms with Crippen LogP contribution in [0.5, 0.6) is 0 Å². The second-order valence-electron chi connectivity index (χ2n) is 2.66. The zero-order valence-corrected chi connectivity index (χ0v) is 6.93.